The van der Waals surface area contributed by atoms with Crippen molar-refractivity contribution < 1.29 is 107 Å². The van der Waals surface area contributed by atoms with Gasteiger partial charge < -0.3 is 125 Å². The topological polar surface area (TPSA) is 634 Å². The first-order valence-electron chi connectivity index (χ1n) is 43.9. The van der Waals surface area contributed by atoms with Crippen LogP contribution in [0.4, 0.5) is 0 Å². The minimum Gasteiger partial charge on any atom is -0.508 e. The first-order chi connectivity index (χ1) is 62.3. The Hall–Kier alpha value is -12.8. The monoisotopic (exact) mass is 1840 g/mol. The number of phenols is 1. The average molecular weight is 1850 g/mol. The number of nitrogens with two attached hydrogens (primary N) is 3. The van der Waals surface area contributed by atoms with E-state index in [-0.39, 0.29) is 76.0 Å². The Morgan fingerprint density at radius 2 is 1.02 bits per heavy atom. The summed E-state index contributed by atoms with van der Waals surface area (Å²) in [5.41, 5.74) is 19.4. The number of carbonyl (C=O) groups is 18. The van der Waals surface area contributed by atoms with Gasteiger partial charge in [-0.3, -0.25) is 86.3 Å². The lowest BCUT2D eigenvalue weighted by atomic mass is 9.99. The molecule has 131 heavy (non-hydrogen) atoms. The number of aliphatic hydroxyl groups is 3. The number of aromatic nitrogens is 2. The van der Waals surface area contributed by atoms with Crippen molar-refractivity contribution in [3.63, 3.8) is 0 Å². The molecule has 18 amide bonds. The maximum Gasteiger partial charge on any atom is 0.246 e. The number of unbranched alkanes of at least 4 members (excludes halogenated alkanes) is 2. The number of phenolic OH excluding ortho intramolecular Hbond substituents is 1. The number of nitrogens with zero attached hydrogens (tertiary/aromatic N) is 5. The molecule has 5 aromatic rings. The molecule has 3 aromatic carbocycles. The smallest absolute Gasteiger partial charge is 0.246 e. The molecule has 43 heteroatoms. The summed E-state index contributed by atoms with van der Waals surface area (Å²) in [5, 5.41) is 70.1. The fourth-order valence-corrected chi connectivity index (χ4v) is 16.9. The number of benzene rings is 3. The summed E-state index contributed by atoms with van der Waals surface area (Å²) >= 11 is 0.791. The zero-order valence-electron chi connectivity index (χ0n) is 74.8. The summed E-state index contributed by atoms with van der Waals surface area (Å²) < 4.78 is 0. The van der Waals surface area contributed by atoms with Crippen molar-refractivity contribution in [2.24, 2.45) is 23.1 Å². The van der Waals surface area contributed by atoms with Gasteiger partial charge in [-0.25, -0.2) is 0 Å². The minimum absolute atomic E-state index is 0.000833. The van der Waals surface area contributed by atoms with Gasteiger partial charge in [0, 0.05) is 99.9 Å². The van der Waals surface area contributed by atoms with Crippen molar-refractivity contribution in [3.8, 4) is 5.75 Å². The molecule has 42 nitrogen and oxygen atoms in total. The van der Waals surface area contributed by atoms with Crippen LogP contribution in [0.2, 0.25) is 0 Å². The number of rotatable bonds is 25. The van der Waals surface area contributed by atoms with Crippen LogP contribution in [0.1, 0.15) is 141 Å². The largest absolute Gasteiger partial charge is 0.508 e. The van der Waals surface area contributed by atoms with Crippen LogP contribution in [-0.2, 0) is 106 Å². The number of amides is 18. The van der Waals surface area contributed by atoms with Crippen LogP contribution in [0.5, 0.6) is 5.75 Å². The van der Waals surface area contributed by atoms with Gasteiger partial charge in [0.2, 0.25) is 106 Å². The van der Waals surface area contributed by atoms with Gasteiger partial charge in [0.25, 0.3) is 0 Å². The zero-order valence-corrected chi connectivity index (χ0v) is 75.6. The molecule has 2 aromatic heterocycles. The van der Waals surface area contributed by atoms with E-state index < -0.39 is 261 Å². The van der Waals surface area contributed by atoms with Crippen LogP contribution in [0, 0.1) is 5.92 Å². The maximum absolute atomic E-state index is 15.7. The highest BCUT2D eigenvalue weighted by Crippen LogP contribution is 2.28. The molecule has 0 aliphatic carbocycles. The second-order valence-electron chi connectivity index (χ2n) is 33.7. The third kappa shape index (κ3) is 28.9. The van der Waals surface area contributed by atoms with Crippen LogP contribution >= 0.6 is 11.8 Å². The van der Waals surface area contributed by atoms with Crippen LogP contribution in [-0.4, -0.2) is 317 Å². The first-order valence-corrected chi connectivity index (χ1v) is 45.0. The molecule has 714 valence electrons. The maximum atomic E-state index is 15.7. The lowest BCUT2D eigenvalue weighted by Crippen LogP contribution is -2.62. The molecule has 3 aliphatic heterocycles. The van der Waals surface area contributed by atoms with E-state index in [4.69, 9.17) is 17.2 Å². The Bertz CT molecular complexity index is 4930. The Balaban J connectivity index is 1.18. The minimum atomic E-state index is -1.94. The highest BCUT2D eigenvalue weighted by atomic mass is 32.2. The lowest BCUT2D eigenvalue weighted by Gasteiger charge is -2.36. The summed E-state index contributed by atoms with van der Waals surface area (Å²) in [6.45, 7) is 4.68. The molecule has 15 atom stereocenters. The number of H-pyrrole nitrogens is 2. The highest BCUT2D eigenvalue weighted by molar-refractivity contribution is 8.00. The Morgan fingerprint density at radius 3 is 1.60 bits per heavy atom. The number of hydrogen-bond donors (Lipinski definition) is 19. The summed E-state index contributed by atoms with van der Waals surface area (Å²) in [6.07, 6.45) is 0.178. The number of aromatic amines is 2. The number of nitrogens with one attached hydrogen (secondary N) is 12. The van der Waals surface area contributed by atoms with E-state index in [0.29, 0.717) is 64.2 Å². The van der Waals surface area contributed by atoms with Gasteiger partial charge in [-0.1, -0.05) is 102 Å². The molecule has 3 aliphatic rings. The number of aromatic hydroxyl groups is 1. The molecule has 5 heterocycles. The highest BCUT2D eigenvalue weighted by Gasteiger charge is 2.47. The zero-order chi connectivity index (χ0) is 96.2. The van der Waals surface area contributed by atoms with E-state index in [1.165, 1.54) is 45.1 Å². The number of hydrogen-bond acceptors (Lipinski definition) is 23. The van der Waals surface area contributed by atoms with Crippen molar-refractivity contribution in [1.82, 2.24) is 87.6 Å². The lowest BCUT2D eigenvalue weighted by molar-refractivity contribution is -0.149. The fraction of sp³-hybridized carbons (Fsp3) is 0.545. The predicted molar refractivity (Wildman–Crippen MR) is 478 cm³/mol. The molecule has 0 unspecified atom stereocenters. The van der Waals surface area contributed by atoms with Gasteiger partial charge >= 0.3 is 0 Å². The van der Waals surface area contributed by atoms with E-state index in [2.05, 4.69) is 63.1 Å². The second kappa shape index (κ2) is 49.3. The first kappa shape index (κ1) is 104. The standard InChI is InChI=1S/C88H124N20O22S/c1-9-11-22-67-81(123)97-60(34-47(3)4)77(119)103-66(76(118)94-41-73(91)115)45-131-46-74(116)95-58(30-27-49-25-28-52(111)29-26-49)84(126)104(6)48(5)75(117)99-63(38-72(90)114)87(129)107-33-17-24-68(107)82(124)102-65(44-110)79(121)96-59(31-32-71(89)113)86(128)108-42-53(112)37-70(108)83(125)98-61(35-50-39-92-56-20-15-13-18-54(50)56)78(120)101-64(43-109)80(122)100-62(36-51-40-93-57-21-16-14-19-55(51)57)85(127)106(8)69(23-12-10-2)88(130)105(67)7/h13-16,18-21,25-26,28-29,39-40,47-48,53,58-70,92-93,109-112H,9-12,17,22-24,27,30-38,41-46H2,1-8H3,(H2,89,113)(H2,90,114)(H2,91,115)(H,94,118)(H,95,116)(H,96,121)(H,97,123)(H,98,125)(H,99,117)(H,100,122)(H,101,120)(H,102,124)(H,103,119)/t48-,53+,58-,59-,60-,61-,62-,63-,64-,65-,66-,67-,68-,69-,70-/m0/s1. The predicted octanol–water partition coefficient (Wildman–Crippen LogP) is -3.51. The summed E-state index contributed by atoms with van der Waals surface area (Å²) in [5.74, 6) is -19.1. The van der Waals surface area contributed by atoms with Crippen LogP contribution < -0.4 is 70.4 Å². The molecule has 22 N–H and O–H groups in total. The van der Waals surface area contributed by atoms with E-state index in [9.17, 15) is 73.2 Å². The Labute approximate surface area is 761 Å². The number of thioether (sulfide) groups is 1. The van der Waals surface area contributed by atoms with Crippen molar-refractivity contribution in [2.45, 2.75) is 234 Å². The number of fused-ring (bicyclic) bond motifs is 4. The Morgan fingerprint density at radius 1 is 0.519 bits per heavy atom. The van der Waals surface area contributed by atoms with E-state index in [0.717, 1.165) is 31.4 Å². The third-order valence-corrected chi connectivity index (χ3v) is 24.5. The molecule has 0 spiro atoms. The number of likely N-dealkylation sites (N-methyl/N-ethyl adjacent to an activating group) is 3. The molecular formula is C88H124N20O22S. The van der Waals surface area contributed by atoms with Gasteiger partial charge in [0.15, 0.2) is 0 Å². The van der Waals surface area contributed by atoms with Crippen molar-refractivity contribution >= 4 is 140 Å². The molecular weight excluding hydrogens is 1720 g/mol. The third-order valence-electron chi connectivity index (χ3n) is 23.5. The van der Waals surface area contributed by atoms with E-state index >= 15 is 33.6 Å². The summed E-state index contributed by atoms with van der Waals surface area (Å²) in [4.78, 5) is 271. The van der Waals surface area contributed by atoms with Gasteiger partial charge in [-0.05, 0) is 105 Å². The van der Waals surface area contributed by atoms with Crippen LogP contribution in [0.3, 0.4) is 0 Å². The number of aryl methyl sites for hydroxylation is 1. The molecule has 0 radical (unpaired) electrons. The van der Waals surface area contributed by atoms with E-state index in [1.807, 2.05) is 13.8 Å². The number of carbonyl (C=O) groups excluding carboxylic acids is 18. The fourth-order valence-electron chi connectivity index (χ4n) is 16.1. The molecule has 8 rings (SSSR count). The Kier molecular flexibility index (Phi) is 39.0. The summed E-state index contributed by atoms with van der Waals surface area (Å²) in [7, 11) is 3.91. The van der Waals surface area contributed by atoms with Crippen LogP contribution in [0.25, 0.3) is 21.8 Å². The second-order valence-corrected chi connectivity index (χ2v) is 34.8. The molecule has 0 bridgehead atoms. The molecule has 3 saturated heterocycles. The van der Waals surface area contributed by atoms with Gasteiger partial charge in [-0.15, -0.1) is 11.8 Å². The summed E-state index contributed by atoms with van der Waals surface area (Å²) in [6, 6.07) is -2.79. The van der Waals surface area contributed by atoms with Gasteiger partial charge in [0.1, 0.15) is 90.3 Å². The number of para-hydroxylation sites is 2. The van der Waals surface area contributed by atoms with Gasteiger partial charge in [0.05, 0.1) is 38.0 Å². The van der Waals surface area contributed by atoms with Crippen LogP contribution in [0.15, 0.2) is 85.2 Å². The molecule has 0 saturated carbocycles. The quantitative estimate of drug-likeness (QED) is 0.0269. The average Bonchev–Trinajstić information content (AvgIpc) is 1.71. The molecule has 3 fully saturated rings. The normalized spacial score (nSPS) is 25.2. The number of primary amides is 3. The van der Waals surface area contributed by atoms with Crippen molar-refractivity contribution in [1.29, 1.82) is 0 Å². The van der Waals surface area contributed by atoms with Crippen molar-refractivity contribution in [3.05, 3.63) is 102 Å². The number of aliphatic hydroxyl groups excluding tert-OH is 3. The SMILES string of the molecule is CCCC[C@H]1C(=O)N(C)[C@@H](CCCC)C(=O)N[C@@H](CC(C)C)C(=O)N[C@H](C(=O)NCC(N)=O)CSCC(=O)N[C@@H](CCc2ccc(O)cc2)C(=O)N(C)[C@@H](C)C(=O)N[C@@H](CC(N)=O)C(=O)N2CCC[C@H]2C(=O)N[C@@H](CO)C(=O)N[C@@H](CCC(N)=O)C(=O)N2C[C@H](O)C[C@H]2C(=O)N[C@@H](Cc2c[nH]c3ccccc23)C(=O)N[C@@H](CO)C(=O)N[C@@H](Cc2c[nH]c3ccccc23)C(=O)N1C. The van der Waals surface area contributed by atoms with Crippen molar-refractivity contribution in [2.75, 3.05) is 65.5 Å². The van der Waals surface area contributed by atoms with Gasteiger partial charge in [-0.2, -0.15) is 0 Å². The van der Waals surface area contributed by atoms with E-state index in [1.54, 1.807) is 86.9 Å².